The summed E-state index contributed by atoms with van der Waals surface area (Å²) in [6.45, 7) is 5.71. The molecule has 5 nitrogen and oxygen atoms in total. The van der Waals surface area contributed by atoms with Crippen molar-refractivity contribution in [3.8, 4) is 5.69 Å². The fourth-order valence-electron chi connectivity index (χ4n) is 3.89. The van der Waals surface area contributed by atoms with E-state index in [1.165, 1.54) is 18.6 Å². The molecule has 0 unspecified atom stereocenters. The second-order valence-corrected chi connectivity index (χ2v) is 7.51. The van der Waals surface area contributed by atoms with Gasteiger partial charge in [0.1, 0.15) is 5.82 Å². The van der Waals surface area contributed by atoms with Gasteiger partial charge in [0.15, 0.2) is 0 Å². The Bertz CT molecular complexity index is 1040. The van der Waals surface area contributed by atoms with Gasteiger partial charge < -0.3 is 10.2 Å². The molecule has 29 heavy (non-hydrogen) atoms. The van der Waals surface area contributed by atoms with E-state index in [4.69, 9.17) is 0 Å². The number of benzene rings is 2. The van der Waals surface area contributed by atoms with Crippen molar-refractivity contribution in [1.29, 1.82) is 0 Å². The zero-order valence-corrected chi connectivity index (χ0v) is 16.8. The van der Waals surface area contributed by atoms with Crippen molar-refractivity contribution < 1.29 is 9.18 Å². The third kappa shape index (κ3) is 3.88. The number of nitrogens with zero attached hydrogens (tertiary/aromatic N) is 3. The molecular weight excluding hydrogens is 367 g/mol. The number of nitrogens with one attached hydrogen (secondary N) is 1. The summed E-state index contributed by atoms with van der Waals surface area (Å²) < 4.78 is 15.7. The molecule has 0 aliphatic carbocycles. The minimum absolute atomic E-state index is 0.286. The number of anilines is 2. The number of aryl methyl sites for hydroxylation is 1. The second kappa shape index (κ2) is 8.07. The van der Waals surface area contributed by atoms with Crippen molar-refractivity contribution in [3.05, 3.63) is 71.3 Å². The topological polar surface area (TPSA) is 50.2 Å². The van der Waals surface area contributed by atoms with Crippen molar-refractivity contribution in [2.24, 2.45) is 0 Å². The lowest BCUT2D eigenvalue weighted by molar-refractivity contribution is 0.102. The summed E-state index contributed by atoms with van der Waals surface area (Å²) in [5.74, 6) is -0.653. The maximum absolute atomic E-state index is 13.9. The molecule has 1 fully saturated rings. The highest BCUT2D eigenvalue weighted by Crippen LogP contribution is 2.30. The molecule has 1 aliphatic heterocycles. The van der Waals surface area contributed by atoms with Crippen LogP contribution in [0.5, 0.6) is 0 Å². The lowest BCUT2D eigenvalue weighted by Gasteiger charge is -2.30. The Balaban J connectivity index is 1.62. The monoisotopic (exact) mass is 392 g/mol. The molecule has 2 heterocycles. The van der Waals surface area contributed by atoms with Crippen LogP contribution in [0, 0.1) is 19.7 Å². The Morgan fingerprint density at radius 1 is 1.03 bits per heavy atom. The molecule has 2 aromatic carbocycles. The lowest BCUT2D eigenvalue weighted by atomic mass is 10.1. The van der Waals surface area contributed by atoms with Gasteiger partial charge in [-0.15, -0.1) is 0 Å². The minimum Gasteiger partial charge on any atom is -0.370 e. The van der Waals surface area contributed by atoms with Crippen LogP contribution in [0.25, 0.3) is 5.69 Å². The van der Waals surface area contributed by atoms with Crippen molar-refractivity contribution in [1.82, 2.24) is 9.78 Å². The van der Waals surface area contributed by atoms with E-state index >= 15 is 0 Å². The predicted octanol–water partition coefficient (Wildman–Crippen LogP) is 4.87. The number of carbonyl (C=O) groups is 1. The summed E-state index contributed by atoms with van der Waals surface area (Å²) in [6.07, 6.45) is 4.98. The van der Waals surface area contributed by atoms with E-state index in [1.54, 1.807) is 16.9 Å². The van der Waals surface area contributed by atoms with E-state index in [1.807, 2.05) is 38.1 Å². The highest BCUT2D eigenvalue weighted by molar-refractivity contribution is 6.06. The molecular formula is C23H25FN4O. The predicted molar refractivity (Wildman–Crippen MR) is 113 cm³/mol. The number of carbonyl (C=O) groups excluding carboxylic acids is 1. The van der Waals surface area contributed by atoms with Gasteiger partial charge in [0.05, 0.1) is 34.5 Å². The van der Waals surface area contributed by atoms with Gasteiger partial charge in [0, 0.05) is 13.1 Å². The summed E-state index contributed by atoms with van der Waals surface area (Å²) in [7, 11) is 0. The van der Waals surface area contributed by atoms with Crippen molar-refractivity contribution in [3.63, 3.8) is 0 Å². The van der Waals surface area contributed by atoms with E-state index in [0.29, 0.717) is 11.3 Å². The van der Waals surface area contributed by atoms with Crippen molar-refractivity contribution >= 4 is 17.3 Å². The van der Waals surface area contributed by atoms with Gasteiger partial charge in [-0.05, 0) is 62.9 Å². The maximum Gasteiger partial charge on any atom is 0.259 e. The van der Waals surface area contributed by atoms with Crippen LogP contribution < -0.4 is 10.2 Å². The van der Waals surface area contributed by atoms with E-state index in [2.05, 4.69) is 15.3 Å². The number of piperidine rings is 1. The van der Waals surface area contributed by atoms with Crippen molar-refractivity contribution in [2.75, 3.05) is 23.3 Å². The van der Waals surface area contributed by atoms with Crippen LogP contribution in [0.15, 0.2) is 48.7 Å². The molecule has 0 atom stereocenters. The van der Waals surface area contributed by atoms with Gasteiger partial charge in [-0.2, -0.15) is 5.10 Å². The van der Waals surface area contributed by atoms with E-state index < -0.39 is 0 Å². The highest BCUT2D eigenvalue weighted by atomic mass is 19.1. The third-order valence-corrected chi connectivity index (χ3v) is 5.50. The fourth-order valence-corrected chi connectivity index (χ4v) is 3.89. The SMILES string of the molecule is Cc1ccccc1-n1ncc(C(=O)Nc2cc(F)ccc2N2CCCCC2)c1C. The molecule has 4 rings (SSSR count). The number of para-hydroxylation sites is 1. The molecule has 1 aromatic heterocycles. The summed E-state index contributed by atoms with van der Waals surface area (Å²) in [4.78, 5) is 15.2. The summed E-state index contributed by atoms with van der Waals surface area (Å²) in [5, 5.41) is 7.32. The van der Waals surface area contributed by atoms with Crippen molar-refractivity contribution in [2.45, 2.75) is 33.1 Å². The lowest BCUT2D eigenvalue weighted by Crippen LogP contribution is -2.30. The van der Waals surface area contributed by atoms with Gasteiger partial charge in [-0.25, -0.2) is 9.07 Å². The van der Waals surface area contributed by atoms with E-state index in [0.717, 1.165) is 48.6 Å². The van der Waals surface area contributed by atoms with Gasteiger partial charge >= 0.3 is 0 Å². The van der Waals surface area contributed by atoms with Gasteiger partial charge in [-0.1, -0.05) is 18.2 Å². The van der Waals surface area contributed by atoms with Crippen LogP contribution in [0.1, 0.15) is 40.9 Å². The number of aromatic nitrogens is 2. The van der Waals surface area contributed by atoms with Crippen LogP contribution in [-0.2, 0) is 0 Å². The minimum atomic E-state index is -0.367. The Hall–Kier alpha value is -3.15. The normalized spacial score (nSPS) is 14.1. The third-order valence-electron chi connectivity index (χ3n) is 5.50. The van der Waals surface area contributed by atoms with Gasteiger partial charge in [0.2, 0.25) is 0 Å². The first kappa shape index (κ1) is 19.2. The molecule has 1 aliphatic rings. The molecule has 0 spiro atoms. The first-order chi connectivity index (χ1) is 14.0. The number of rotatable bonds is 4. The van der Waals surface area contributed by atoms with Crippen LogP contribution >= 0.6 is 0 Å². The zero-order chi connectivity index (χ0) is 20.4. The standard InChI is InChI=1S/C23H25FN4O/c1-16-8-4-5-9-21(16)28-17(2)19(15-25-28)23(29)26-20-14-18(24)10-11-22(20)27-12-6-3-7-13-27/h4-5,8-11,14-15H,3,6-7,12-13H2,1-2H3,(H,26,29). The highest BCUT2D eigenvalue weighted by Gasteiger charge is 2.20. The molecule has 1 amide bonds. The maximum atomic E-state index is 13.9. The summed E-state index contributed by atoms with van der Waals surface area (Å²) in [6, 6.07) is 12.5. The molecule has 150 valence electrons. The molecule has 0 radical (unpaired) electrons. The van der Waals surface area contributed by atoms with Crippen LogP contribution in [0.4, 0.5) is 15.8 Å². The number of amides is 1. The molecule has 3 aromatic rings. The molecule has 1 saturated heterocycles. The first-order valence-electron chi connectivity index (χ1n) is 10.0. The Kier molecular flexibility index (Phi) is 5.34. The average Bonchev–Trinajstić information content (AvgIpc) is 3.10. The first-order valence-corrected chi connectivity index (χ1v) is 10.0. The fraction of sp³-hybridized carbons (Fsp3) is 0.304. The van der Waals surface area contributed by atoms with Crippen LogP contribution in [0.3, 0.4) is 0 Å². The Morgan fingerprint density at radius 3 is 2.55 bits per heavy atom. The number of hydrogen-bond acceptors (Lipinski definition) is 3. The van der Waals surface area contributed by atoms with E-state index in [-0.39, 0.29) is 11.7 Å². The zero-order valence-electron chi connectivity index (χ0n) is 16.8. The summed E-state index contributed by atoms with van der Waals surface area (Å²) in [5.41, 5.74) is 4.59. The number of halogens is 1. The van der Waals surface area contributed by atoms with E-state index in [9.17, 15) is 9.18 Å². The molecule has 0 bridgehead atoms. The van der Waals surface area contributed by atoms with Crippen LogP contribution in [0.2, 0.25) is 0 Å². The smallest absolute Gasteiger partial charge is 0.259 e. The largest absolute Gasteiger partial charge is 0.370 e. The molecule has 6 heteroatoms. The average molecular weight is 392 g/mol. The van der Waals surface area contributed by atoms with Gasteiger partial charge in [-0.3, -0.25) is 4.79 Å². The van der Waals surface area contributed by atoms with Crippen LogP contribution in [-0.4, -0.2) is 28.8 Å². The summed E-state index contributed by atoms with van der Waals surface area (Å²) >= 11 is 0. The molecule has 1 N–H and O–H groups in total. The quantitative estimate of drug-likeness (QED) is 0.689. The Morgan fingerprint density at radius 2 is 1.79 bits per heavy atom. The number of hydrogen-bond donors (Lipinski definition) is 1. The van der Waals surface area contributed by atoms with Gasteiger partial charge in [0.25, 0.3) is 5.91 Å². The second-order valence-electron chi connectivity index (χ2n) is 7.51. The Labute approximate surface area is 170 Å². The molecule has 0 saturated carbocycles.